The Kier molecular flexibility index (Phi) is 5.65. The van der Waals surface area contributed by atoms with Gasteiger partial charge >= 0.3 is 0 Å². The predicted molar refractivity (Wildman–Crippen MR) is 59.6 cm³/mol. The van der Waals surface area contributed by atoms with Crippen LogP contribution in [-0.2, 0) is 4.79 Å². The summed E-state index contributed by atoms with van der Waals surface area (Å²) in [5.41, 5.74) is 0. The molecule has 2 unspecified atom stereocenters. The number of hydrogen-bond acceptors (Lipinski definition) is 3. The fourth-order valence-corrected chi connectivity index (χ4v) is 1.86. The van der Waals surface area contributed by atoms with Crippen LogP contribution in [-0.4, -0.2) is 36.2 Å². The molecule has 1 amide bonds. The Balaban J connectivity index is 2.30. The maximum atomic E-state index is 11.8. The SMILES string of the molecule is CC(CCO)NC(=O)C1CCCCCN1. The molecule has 3 N–H and O–H groups in total. The molecule has 0 aromatic carbocycles. The summed E-state index contributed by atoms with van der Waals surface area (Å²) < 4.78 is 0. The minimum absolute atomic E-state index is 0.0337. The molecule has 0 saturated carbocycles. The lowest BCUT2D eigenvalue weighted by atomic mass is 10.1. The number of rotatable bonds is 4. The van der Waals surface area contributed by atoms with Gasteiger partial charge in [-0.25, -0.2) is 0 Å². The molecule has 1 aliphatic rings. The molecule has 1 rings (SSSR count). The van der Waals surface area contributed by atoms with E-state index in [1.807, 2.05) is 6.92 Å². The molecule has 1 saturated heterocycles. The lowest BCUT2D eigenvalue weighted by Crippen LogP contribution is -2.46. The molecular formula is C11H22N2O2. The van der Waals surface area contributed by atoms with E-state index < -0.39 is 0 Å². The van der Waals surface area contributed by atoms with Crippen LogP contribution in [0.1, 0.15) is 39.0 Å². The van der Waals surface area contributed by atoms with Crippen LogP contribution in [0.3, 0.4) is 0 Å². The maximum absolute atomic E-state index is 11.8. The van der Waals surface area contributed by atoms with Gasteiger partial charge in [0.25, 0.3) is 0 Å². The maximum Gasteiger partial charge on any atom is 0.237 e. The highest BCUT2D eigenvalue weighted by Gasteiger charge is 2.20. The topological polar surface area (TPSA) is 61.4 Å². The zero-order valence-corrected chi connectivity index (χ0v) is 9.46. The minimum atomic E-state index is -0.0337. The van der Waals surface area contributed by atoms with Crippen LogP contribution in [0.4, 0.5) is 0 Å². The number of aliphatic hydroxyl groups is 1. The lowest BCUT2D eigenvalue weighted by molar-refractivity contribution is -0.123. The molecule has 15 heavy (non-hydrogen) atoms. The number of nitrogens with one attached hydrogen (secondary N) is 2. The van der Waals surface area contributed by atoms with Crippen molar-refractivity contribution in [1.82, 2.24) is 10.6 Å². The van der Waals surface area contributed by atoms with Crippen LogP contribution in [0.2, 0.25) is 0 Å². The molecule has 0 aromatic heterocycles. The van der Waals surface area contributed by atoms with Gasteiger partial charge in [0, 0.05) is 12.6 Å². The zero-order valence-electron chi connectivity index (χ0n) is 9.46. The summed E-state index contributed by atoms with van der Waals surface area (Å²) in [6.45, 7) is 2.98. The summed E-state index contributed by atoms with van der Waals surface area (Å²) >= 11 is 0. The van der Waals surface area contributed by atoms with Crippen molar-refractivity contribution in [3.63, 3.8) is 0 Å². The minimum Gasteiger partial charge on any atom is -0.396 e. The summed E-state index contributed by atoms with van der Waals surface area (Å²) in [5.74, 6) is 0.0813. The Hall–Kier alpha value is -0.610. The Morgan fingerprint density at radius 2 is 2.33 bits per heavy atom. The van der Waals surface area contributed by atoms with E-state index >= 15 is 0 Å². The van der Waals surface area contributed by atoms with Gasteiger partial charge in [-0.05, 0) is 32.7 Å². The molecule has 2 atom stereocenters. The first-order valence-corrected chi connectivity index (χ1v) is 5.88. The molecule has 1 fully saturated rings. The van der Waals surface area contributed by atoms with Gasteiger partial charge in [0.15, 0.2) is 0 Å². The van der Waals surface area contributed by atoms with Gasteiger partial charge in [-0.2, -0.15) is 0 Å². The van der Waals surface area contributed by atoms with Crippen molar-refractivity contribution >= 4 is 5.91 Å². The van der Waals surface area contributed by atoms with E-state index in [2.05, 4.69) is 10.6 Å². The number of carbonyl (C=O) groups excluding carboxylic acids is 1. The largest absolute Gasteiger partial charge is 0.396 e. The smallest absolute Gasteiger partial charge is 0.237 e. The van der Waals surface area contributed by atoms with Crippen molar-refractivity contribution in [3.8, 4) is 0 Å². The Labute approximate surface area is 91.4 Å². The first kappa shape index (κ1) is 12.5. The van der Waals surface area contributed by atoms with E-state index in [0.29, 0.717) is 6.42 Å². The van der Waals surface area contributed by atoms with Gasteiger partial charge in [-0.15, -0.1) is 0 Å². The van der Waals surface area contributed by atoms with Crippen LogP contribution in [0, 0.1) is 0 Å². The second-order valence-electron chi connectivity index (χ2n) is 4.28. The van der Waals surface area contributed by atoms with Crippen molar-refractivity contribution in [2.45, 2.75) is 51.1 Å². The average molecular weight is 214 g/mol. The van der Waals surface area contributed by atoms with Crippen molar-refractivity contribution in [3.05, 3.63) is 0 Å². The van der Waals surface area contributed by atoms with Crippen molar-refractivity contribution in [2.75, 3.05) is 13.2 Å². The third-order valence-corrected chi connectivity index (χ3v) is 2.83. The molecule has 0 bridgehead atoms. The van der Waals surface area contributed by atoms with Gasteiger partial charge in [-0.1, -0.05) is 12.8 Å². The first-order chi connectivity index (χ1) is 7.24. The molecule has 1 heterocycles. The molecule has 0 spiro atoms. The second kappa shape index (κ2) is 6.80. The molecular weight excluding hydrogens is 192 g/mol. The van der Waals surface area contributed by atoms with Crippen LogP contribution in [0.15, 0.2) is 0 Å². The number of amides is 1. The third kappa shape index (κ3) is 4.62. The zero-order chi connectivity index (χ0) is 11.1. The van der Waals surface area contributed by atoms with E-state index in [9.17, 15) is 4.79 Å². The standard InChI is InChI=1S/C11H22N2O2/c1-9(6-8-14)13-11(15)10-5-3-2-4-7-12-10/h9-10,12,14H,2-8H2,1H3,(H,13,15). The van der Waals surface area contributed by atoms with E-state index in [0.717, 1.165) is 25.8 Å². The summed E-state index contributed by atoms with van der Waals surface area (Å²) in [6.07, 6.45) is 5.05. The highest BCUT2D eigenvalue weighted by Crippen LogP contribution is 2.08. The summed E-state index contributed by atoms with van der Waals surface area (Å²) in [5, 5.41) is 14.9. The average Bonchev–Trinajstić information content (AvgIpc) is 2.45. The molecule has 1 aliphatic heterocycles. The van der Waals surface area contributed by atoms with Gasteiger partial charge < -0.3 is 15.7 Å². The summed E-state index contributed by atoms with van der Waals surface area (Å²) in [6, 6.07) is 0.0289. The predicted octanol–water partition coefficient (Wildman–Crippen LogP) is 0.406. The molecule has 4 nitrogen and oxygen atoms in total. The molecule has 0 aromatic rings. The van der Waals surface area contributed by atoms with Gasteiger partial charge in [-0.3, -0.25) is 4.79 Å². The molecule has 0 radical (unpaired) electrons. The molecule has 88 valence electrons. The summed E-state index contributed by atoms with van der Waals surface area (Å²) in [4.78, 5) is 11.8. The molecule has 0 aliphatic carbocycles. The van der Waals surface area contributed by atoms with Crippen LogP contribution in [0.25, 0.3) is 0 Å². The normalized spacial score (nSPS) is 24.3. The third-order valence-electron chi connectivity index (χ3n) is 2.83. The lowest BCUT2D eigenvalue weighted by Gasteiger charge is -2.19. The number of aliphatic hydroxyl groups excluding tert-OH is 1. The van der Waals surface area contributed by atoms with Crippen molar-refractivity contribution in [1.29, 1.82) is 0 Å². The van der Waals surface area contributed by atoms with Gasteiger partial charge in [0.05, 0.1) is 6.04 Å². The van der Waals surface area contributed by atoms with Crippen LogP contribution in [0.5, 0.6) is 0 Å². The van der Waals surface area contributed by atoms with E-state index in [-0.39, 0.29) is 24.6 Å². The quantitative estimate of drug-likeness (QED) is 0.635. The highest BCUT2D eigenvalue weighted by molar-refractivity contribution is 5.81. The Morgan fingerprint density at radius 1 is 1.53 bits per heavy atom. The first-order valence-electron chi connectivity index (χ1n) is 5.88. The van der Waals surface area contributed by atoms with Crippen molar-refractivity contribution < 1.29 is 9.90 Å². The van der Waals surface area contributed by atoms with E-state index in [4.69, 9.17) is 5.11 Å². The number of hydrogen-bond donors (Lipinski definition) is 3. The fraction of sp³-hybridized carbons (Fsp3) is 0.909. The van der Waals surface area contributed by atoms with E-state index in [1.165, 1.54) is 6.42 Å². The summed E-state index contributed by atoms with van der Waals surface area (Å²) in [7, 11) is 0. The second-order valence-corrected chi connectivity index (χ2v) is 4.28. The van der Waals surface area contributed by atoms with Gasteiger partial charge in [0.1, 0.15) is 0 Å². The van der Waals surface area contributed by atoms with Crippen molar-refractivity contribution in [2.24, 2.45) is 0 Å². The monoisotopic (exact) mass is 214 g/mol. The number of carbonyl (C=O) groups is 1. The van der Waals surface area contributed by atoms with Gasteiger partial charge in [0.2, 0.25) is 5.91 Å². The fourth-order valence-electron chi connectivity index (χ4n) is 1.86. The van der Waals surface area contributed by atoms with E-state index in [1.54, 1.807) is 0 Å². The highest BCUT2D eigenvalue weighted by atomic mass is 16.3. The van der Waals surface area contributed by atoms with Crippen LogP contribution >= 0.6 is 0 Å². The Bertz CT molecular complexity index is 189. The van der Waals surface area contributed by atoms with Crippen LogP contribution < -0.4 is 10.6 Å². The Morgan fingerprint density at radius 3 is 3.07 bits per heavy atom. The molecule has 4 heteroatoms.